The Kier molecular flexibility index (Phi) is 3.44. The number of rotatable bonds is 2. The third-order valence-corrected chi connectivity index (χ3v) is 3.70. The van der Waals surface area contributed by atoms with E-state index in [0.29, 0.717) is 0 Å². The van der Waals surface area contributed by atoms with Gasteiger partial charge in [-0.3, -0.25) is 0 Å². The normalized spacial score (nSPS) is 19.4. The smallest absolute Gasteiger partial charge is 0.225 e. The van der Waals surface area contributed by atoms with Gasteiger partial charge in [0.25, 0.3) is 0 Å². The third-order valence-electron chi connectivity index (χ3n) is 3.70. The van der Waals surface area contributed by atoms with Crippen molar-refractivity contribution in [2.45, 2.75) is 32.7 Å². The molecular weight excluding hydrogens is 252 g/mol. The SMILES string of the molecule is Cc1cc(-c2ccnc(N3CCCC(N)C3)n2)c(C)o1. The molecule has 0 saturated carbocycles. The van der Waals surface area contributed by atoms with Crippen LogP contribution in [0.1, 0.15) is 24.4 Å². The van der Waals surface area contributed by atoms with Gasteiger partial charge in [-0.2, -0.15) is 0 Å². The molecule has 0 amide bonds. The summed E-state index contributed by atoms with van der Waals surface area (Å²) in [6.45, 7) is 5.70. The first-order chi connectivity index (χ1) is 9.63. The molecule has 1 aliphatic heterocycles. The van der Waals surface area contributed by atoms with Crippen molar-refractivity contribution in [2.75, 3.05) is 18.0 Å². The molecule has 0 radical (unpaired) electrons. The van der Waals surface area contributed by atoms with E-state index in [1.54, 1.807) is 6.20 Å². The Morgan fingerprint density at radius 1 is 1.40 bits per heavy atom. The molecule has 106 valence electrons. The zero-order chi connectivity index (χ0) is 14.1. The molecule has 3 rings (SSSR count). The van der Waals surface area contributed by atoms with Gasteiger partial charge in [0.15, 0.2) is 0 Å². The Bertz CT molecular complexity index is 608. The molecule has 20 heavy (non-hydrogen) atoms. The maximum absolute atomic E-state index is 6.03. The van der Waals surface area contributed by atoms with Crippen LogP contribution in [-0.2, 0) is 0 Å². The van der Waals surface area contributed by atoms with Crippen LogP contribution in [0, 0.1) is 13.8 Å². The number of nitrogens with zero attached hydrogens (tertiary/aromatic N) is 3. The third kappa shape index (κ3) is 2.54. The fraction of sp³-hybridized carbons (Fsp3) is 0.467. The summed E-state index contributed by atoms with van der Waals surface area (Å²) < 4.78 is 5.58. The average molecular weight is 272 g/mol. The highest BCUT2D eigenvalue weighted by molar-refractivity contribution is 5.62. The molecule has 5 nitrogen and oxygen atoms in total. The van der Waals surface area contributed by atoms with Crippen molar-refractivity contribution >= 4 is 5.95 Å². The van der Waals surface area contributed by atoms with E-state index >= 15 is 0 Å². The minimum Gasteiger partial charge on any atom is -0.466 e. The van der Waals surface area contributed by atoms with E-state index in [-0.39, 0.29) is 6.04 Å². The lowest BCUT2D eigenvalue weighted by atomic mass is 10.1. The van der Waals surface area contributed by atoms with E-state index in [2.05, 4.69) is 14.9 Å². The number of aromatic nitrogens is 2. The van der Waals surface area contributed by atoms with E-state index < -0.39 is 0 Å². The van der Waals surface area contributed by atoms with Crippen LogP contribution >= 0.6 is 0 Å². The first kappa shape index (κ1) is 13.1. The predicted molar refractivity (Wildman–Crippen MR) is 78.6 cm³/mol. The Hall–Kier alpha value is -1.88. The monoisotopic (exact) mass is 272 g/mol. The molecule has 1 unspecified atom stereocenters. The van der Waals surface area contributed by atoms with Crippen molar-refractivity contribution in [1.29, 1.82) is 0 Å². The molecule has 2 N–H and O–H groups in total. The van der Waals surface area contributed by atoms with Gasteiger partial charge in [0.05, 0.1) is 5.69 Å². The van der Waals surface area contributed by atoms with Gasteiger partial charge in [-0.05, 0) is 38.8 Å². The zero-order valence-corrected chi connectivity index (χ0v) is 12.0. The lowest BCUT2D eigenvalue weighted by Crippen LogP contribution is -2.43. The first-order valence-electron chi connectivity index (χ1n) is 7.04. The van der Waals surface area contributed by atoms with Crippen molar-refractivity contribution in [1.82, 2.24) is 9.97 Å². The molecule has 2 aromatic rings. The van der Waals surface area contributed by atoms with Gasteiger partial charge in [0.2, 0.25) is 5.95 Å². The predicted octanol–water partition coefficient (Wildman–Crippen LogP) is 2.28. The van der Waals surface area contributed by atoms with Gasteiger partial charge in [-0.1, -0.05) is 0 Å². The van der Waals surface area contributed by atoms with Crippen LogP contribution in [0.2, 0.25) is 0 Å². The quantitative estimate of drug-likeness (QED) is 0.908. The second-order valence-corrected chi connectivity index (χ2v) is 5.42. The Labute approximate surface area is 118 Å². The Morgan fingerprint density at radius 3 is 2.95 bits per heavy atom. The van der Waals surface area contributed by atoms with Crippen LogP contribution in [0.3, 0.4) is 0 Å². The van der Waals surface area contributed by atoms with E-state index in [1.165, 1.54) is 0 Å². The summed E-state index contributed by atoms with van der Waals surface area (Å²) in [5, 5.41) is 0. The maximum Gasteiger partial charge on any atom is 0.225 e. The standard InChI is InChI=1S/C15H20N4O/c1-10-8-13(11(2)20-10)14-5-6-17-15(18-14)19-7-3-4-12(16)9-19/h5-6,8,12H,3-4,7,9,16H2,1-2H3. The molecule has 2 aromatic heterocycles. The lowest BCUT2D eigenvalue weighted by molar-refractivity contribution is 0.499. The number of aryl methyl sites for hydroxylation is 2. The number of hydrogen-bond acceptors (Lipinski definition) is 5. The summed E-state index contributed by atoms with van der Waals surface area (Å²) >= 11 is 0. The van der Waals surface area contributed by atoms with Gasteiger partial charge in [-0.15, -0.1) is 0 Å². The van der Waals surface area contributed by atoms with Crippen molar-refractivity contribution in [2.24, 2.45) is 5.73 Å². The molecule has 0 bridgehead atoms. The minimum absolute atomic E-state index is 0.217. The molecular formula is C15H20N4O. The summed E-state index contributed by atoms with van der Waals surface area (Å²) in [5.41, 5.74) is 7.97. The molecule has 5 heteroatoms. The molecule has 1 saturated heterocycles. The van der Waals surface area contributed by atoms with E-state index in [9.17, 15) is 0 Å². The lowest BCUT2D eigenvalue weighted by Gasteiger charge is -2.30. The average Bonchev–Trinajstić information content (AvgIpc) is 2.78. The van der Waals surface area contributed by atoms with E-state index in [4.69, 9.17) is 10.2 Å². The molecule has 0 aromatic carbocycles. The number of nitrogens with two attached hydrogens (primary N) is 1. The van der Waals surface area contributed by atoms with Crippen molar-refractivity contribution in [3.8, 4) is 11.3 Å². The van der Waals surface area contributed by atoms with E-state index in [1.807, 2.05) is 26.0 Å². The van der Waals surface area contributed by atoms with E-state index in [0.717, 1.165) is 54.7 Å². The maximum atomic E-state index is 6.03. The number of furan rings is 1. The van der Waals surface area contributed by atoms with Crippen molar-refractivity contribution in [3.63, 3.8) is 0 Å². The van der Waals surface area contributed by atoms with Crippen LogP contribution in [0.25, 0.3) is 11.3 Å². The second-order valence-electron chi connectivity index (χ2n) is 5.42. The summed E-state index contributed by atoms with van der Waals surface area (Å²) in [4.78, 5) is 11.2. The first-order valence-corrected chi connectivity index (χ1v) is 7.04. The second kappa shape index (κ2) is 5.25. The fourth-order valence-corrected chi connectivity index (χ4v) is 2.73. The Balaban J connectivity index is 1.91. The molecule has 0 spiro atoms. The van der Waals surface area contributed by atoms with Crippen LogP contribution in [-0.4, -0.2) is 29.1 Å². The van der Waals surface area contributed by atoms with Gasteiger partial charge in [0, 0.05) is 30.9 Å². The molecule has 3 heterocycles. The molecule has 1 aliphatic rings. The summed E-state index contributed by atoms with van der Waals surface area (Å²) in [6, 6.07) is 4.16. The molecule has 1 atom stereocenters. The van der Waals surface area contributed by atoms with Crippen LogP contribution < -0.4 is 10.6 Å². The number of anilines is 1. The largest absolute Gasteiger partial charge is 0.466 e. The number of hydrogen-bond donors (Lipinski definition) is 1. The molecule has 1 fully saturated rings. The van der Waals surface area contributed by atoms with Crippen LogP contribution in [0.4, 0.5) is 5.95 Å². The summed E-state index contributed by atoms with van der Waals surface area (Å²) in [7, 11) is 0. The van der Waals surface area contributed by atoms with Crippen molar-refractivity contribution in [3.05, 3.63) is 29.9 Å². The summed E-state index contributed by atoms with van der Waals surface area (Å²) in [6.07, 6.45) is 3.98. The van der Waals surface area contributed by atoms with Crippen molar-refractivity contribution < 1.29 is 4.42 Å². The van der Waals surface area contributed by atoms with Gasteiger partial charge in [0.1, 0.15) is 11.5 Å². The zero-order valence-electron chi connectivity index (χ0n) is 12.0. The highest BCUT2D eigenvalue weighted by Gasteiger charge is 2.19. The topological polar surface area (TPSA) is 68.2 Å². The van der Waals surface area contributed by atoms with Gasteiger partial charge >= 0.3 is 0 Å². The highest BCUT2D eigenvalue weighted by atomic mass is 16.3. The fourth-order valence-electron chi connectivity index (χ4n) is 2.73. The minimum atomic E-state index is 0.217. The molecule has 0 aliphatic carbocycles. The highest BCUT2D eigenvalue weighted by Crippen LogP contribution is 2.26. The van der Waals surface area contributed by atoms with Gasteiger partial charge < -0.3 is 15.1 Å². The number of piperidine rings is 1. The Morgan fingerprint density at radius 2 is 2.25 bits per heavy atom. The van der Waals surface area contributed by atoms with Gasteiger partial charge in [-0.25, -0.2) is 9.97 Å². The van der Waals surface area contributed by atoms with Crippen LogP contribution in [0.15, 0.2) is 22.7 Å². The van der Waals surface area contributed by atoms with Crippen LogP contribution in [0.5, 0.6) is 0 Å². The summed E-state index contributed by atoms with van der Waals surface area (Å²) in [5.74, 6) is 2.55.